The highest BCUT2D eigenvalue weighted by Crippen LogP contribution is 2.27. The Labute approximate surface area is 156 Å². The number of hydrogen-bond donors (Lipinski definition) is 0. The highest BCUT2D eigenvalue weighted by molar-refractivity contribution is 5.94. The van der Waals surface area contributed by atoms with Crippen LogP contribution in [0.1, 0.15) is 46.1 Å². The molecule has 1 aromatic carbocycles. The predicted molar refractivity (Wildman–Crippen MR) is 105 cm³/mol. The van der Waals surface area contributed by atoms with E-state index in [2.05, 4.69) is 48.6 Å². The van der Waals surface area contributed by atoms with Gasteiger partial charge in [0.2, 0.25) is 0 Å². The van der Waals surface area contributed by atoms with Crippen LogP contribution in [0.4, 0.5) is 0 Å². The van der Waals surface area contributed by atoms with Crippen LogP contribution in [0.3, 0.4) is 0 Å². The zero-order valence-corrected chi connectivity index (χ0v) is 16.4. The molecule has 1 aliphatic rings. The van der Waals surface area contributed by atoms with E-state index >= 15 is 0 Å². The predicted octanol–water partition coefficient (Wildman–Crippen LogP) is 3.08. The number of amides is 1. The summed E-state index contributed by atoms with van der Waals surface area (Å²) in [6.45, 7) is 7.65. The zero-order valence-electron chi connectivity index (χ0n) is 16.4. The van der Waals surface area contributed by atoms with E-state index in [-0.39, 0.29) is 5.91 Å². The van der Waals surface area contributed by atoms with Crippen molar-refractivity contribution in [1.82, 2.24) is 19.4 Å². The average molecular weight is 354 g/mol. The lowest BCUT2D eigenvalue weighted by atomic mass is 9.96. The summed E-state index contributed by atoms with van der Waals surface area (Å²) in [5.41, 5.74) is 3.19. The van der Waals surface area contributed by atoms with Crippen molar-refractivity contribution < 1.29 is 4.79 Å². The maximum atomic E-state index is 13.0. The van der Waals surface area contributed by atoms with Gasteiger partial charge in [-0.25, -0.2) is 4.98 Å². The lowest BCUT2D eigenvalue weighted by molar-refractivity contribution is 0.0703. The van der Waals surface area contributed by atoms with Gasteiger partial charge in [-0.15, -0.1) is 0 Å². The van der Waals surface area contributed by atoms with E-state index in [0.717, 1.165) is 50.4 Å². The Kier molecular flexibility index (Phi) is 5.77. The van der Waals surface area contributed by atoms with Crippen LogP contribution in [0.2, 0.25) is 0 Å². The molecule has 1 aromatic heterocycles. The molecule has 0 radical (unpaired) electrons. The number of rotatable bonds is 5. The van der Waals surface area contributed by atoms with Crippen LogP contribution in [0.25, 0.3) is 0 Å². The van der Waals surface area contributed by atoms with Gasteiger partial charge < -0.3 is 14.4 Å². The number of aryl methyl sites for hydroxylation is 2. The van der Waals surface area contributed by atoms with Crippen LogP contribution >= 0.6 is 0 Å². The molecule has 1 saturated heterocycles. The summed E-state index contributed by atoms with van der Waals surface area (Å²) in [5, 5.41) is 0. The molecule has 0 saturated carbocycles. The summed E-state index contributed by atoms with van der Waals surface area (Å²) in [5.74, 6) is 1.57. The summed E-state index contributed by atoms with van der Waals surface area (Å²) in [6.07, 6.45) is 6.06. The fourth-order valence-electron chi connectivity index (χ4n) is 3.61. The minimum atomic E-state index is 0.143. The number of likely N-dealkylation sites (N-methyl/N-ethyl adjacent to an activating group) is 1. The zero-order chi connectivity index (χ0) is 18.7. The Hall–Kier alpha value is -2.14. The third-order valence-electron chi connectivity index (χ3n) is 5.36. The second-order valence-corrected chi connectivity index (χ2v) is 7.67. The van der Waals surface area contributed by atoms with E-state index in [0.29, 0.717) is 5.92 Å². The monoisotopic (exact) mass is 354 g/mol. The van der Waals surface area contributed by atoms with Gasteiger partial charge in [-0.05, 0) is 64.0 Å². The fraction of sp³-hybridized carbons (Fsp3) is 0.524. The quantitative estimate of drug-likeness (QED) is 0.829. The third kappa shape index (κ3) is 4.15. The van der Waals surface area contributed by atoms with E-state index in [1.807, 2.05) is 29.3 Å². The highest BCUT2D eigenvalue weighted by Gasteiger charge is 2.28. The number of likely N-dealkylation sites (tertiary alicyclic amines) is 1. The number of hydrogen-bond acceptors (Lipinski definition) is 3. The van der Waals surface area contributed by atoms with Gasteiger partial charge in [-0.1, -0.05) is 6.07 Å². The standard InChI is InChI=1S/C21H30N4O/c1-16-7-8-18(14-17(16)2)21(26)25-10-5-6-19(15-25)20-22-9-11-24(20)13-12-23(3)4/h7-9,11,14,19H,5-6,10,12-13,15H2,1-4H3. The van der Waals surface area contributed by atoms with Crippen LogP contribution in [0.15, 0.2) is 30.6 Å². The number of imidazole rings is 1. The molecular weight excluding hydrogens is 324 g/mol. The molecule has 1 atom stereocenters. The molecule has 2 aromatic rings. The van der Waals surface area contributed by atoms with Gasteiger partial charge in [0, 0.05) is 50.1 Å². The summed E-state index contributed by atoms with van der Waals surface area (Å²) in [6, 6.07) is 6.00. The largest absolute Gasteiger partial charge is 0.338 e. The molecule has 1 fully saturated rings. The van der Waals surface area contributed by atoms with E-state index in [1.165, 1.54) is 11.1 Å². The van der Waals surface area contributed by atoms with Crippen molar-refractivity contribution in [2.24, 2.45) is 0 Å². The van der Waals surface area contributed by atoms with Crippen molar-refractivity contribution in [3.05, 3.63) is 53.1 Å². The Morgan fingerprint density at radius 3 is 2.81 bits per heavy atom. The average Bonchev–Trinajstić information content (AvgIpc) is 3.10. The van der Waals surface area contributed by atoms with E-state index in [9.17, 15) is 4.79 Å². The van der Waals surface area contributed by atoms with Gasteiger partial charge in [0.15, 0.2) is 0 Å². The molecule has 3 rings (SSSR count). The van der Waals surface area contributed by atoms with Crippen molar-refractivity contribution in [1.29, 1.82) is 0 Å². The summed E-state index contributed by atoms with van der Waals surface area (Å²) < 4.78 is 2.24. The number of benzene rings is 1. The first-order chi connectivity index (χ1) is 12.5. The minimum absolute atomic E-state index is 0.143. The molecule has 0 N–H and O–H groups in total. The molecular formula is C21H30N4O. The number of aromatic nitrogens is 2. The highest BCUT2D eigenvalue weighted by atomic mass is 16.2. The van der Waals surface area contributed by atoms with E-state index in [4.69, 9.17) is 0 Å². The molecule has 1 unspecified atom stereocenters. The van der Waals surface area contributed by atoms with Crippen LogP contribution in [0, 0.1) is 13.8 Å². The van der Waals surface area contributed by atoms with Crippen LogP contribution < -0.4 is 0 Å². The van der Waals surface area contributed by atoms with Crippen molar-refractivity contribution in [2.75, 3.05) is 33.7 Å². The van der Waals surface area contributed by atoms with Crippen molar-refractivity contribution in [3.63, 3.8) is 0 Å². The Morgan fingerprint density at radius 2 is 2.08 bits per heavy atom. The van der Waals surface area contributed by atoms with Gasteiger partial charge in [-0.3, -0.25) is 4.79 Å². The van der Waals surface area contributed by atoms with Gasteiger partial charge in [0.25, 0.3) is 5.91 Å². The Balaban J connectivity index is 1.72. The maximum Gasteiger partial charge on any atom is 0.253 e. The molecule has 1 aliphatic heterocycles. The van der Waals surface area contributed by atoms with Gasteiger partial charge in [0.1, 0.15) is 5.82 Å². The molecule has 0 aliphatic carbocycles. The van der Waals surface area contributed by atoms with Crippen molar-refractivity contribution >= 4 is 5.91 Å². The molecule has 5 heteroatoms. The SMILES string of the molecule is Cc1ccc(C(=O)N2CCCC(c3nccn3CCN(C)C)C2)cc1C. The number of nitrogens with zero attached hydrogens (tertiary/aromatic N) is 4. The lowest BCUT2D eigenvalue weighted by Gasteiger charge is -2.33. The van der Waals surface area contributed by atoms with Crippen LogP contribution in [-0.4, -0.2) is 59.0 Å². The minimum Gasteiger partial charge on any atom is -0.338 e. The summed E-state index contributed by atoms with van der Waals surface area (Å²) in [4.78, 5) is 21.8. The molecule has 140 valence electrons. The summed E-state index contributed by atoms with van der Waals surface area (Å²) in [7, 11) is 4.17. The number of piperidine rings is 1. The second-order valence-electron chi connectivity index (χ2n) is 7.67. The summed E-state index contributed by atoms with van der Waals surface area (Å²) >= 11 is 0. The second kappa shape index (κ2) is 8.04. The maximum absolute atomic E-state index is 13.0. The topological polar surface area (TPSA) is 41.4 Å². The first kappa shape index (κ1) is 18.6. The third-order valence-corrected chi connectivity index (χ3v) is 5.36. The van der Waals surface area contributed by atoms with Crippen LogP contribution in [0.5, 0.6) is 0 Å². The van der Waals surface area contributed by atoms with Gasteiger partial charge >= 0.3 is 0 Å². The van der Waals surface area contributed by atoms with Crippen LogP contribution in [-0.2, 0) is 6.54 Å². The van der Waals surface area contributed by atoms with E-state index < -0.39 is 0 Å². The normalized spacial score (nSPS) is 17.7. The first-order valence-corrected chi connectivity index (χ1v) is 9.48. The molecule has 0 spiro atoms. The first-order valence-electron chi connectivity index (χ1n) is 9.48. The molecule has 2 heterocycles. The Morgan fingerprint density at radius 1 is 1.27 bits per heavy atom. The van der Waals surface area contributed by atoms with Gasteiger partial charge in [0.05, 0.1) is 0 Å². The molecule has 5 nitrogen and oxygen atoms in total. The smallest absolute Gasteiger partial charge is 0.253 e. The Bertz CT molecular complexity index is 765. The molecule has 1 amide bonds. The fourth-order valence-corrected chi connectivity index (χ4v) is 3.61. The van der Waals surface area contributed by atoms with E-state index in [1.54, 1.807) is 0 Å². The molecule has 26 heavy (non-hydrogen) atoms. The van der Waals surface area contributed by atoms with Crippen molar-refractivity contribution in [3.8, 4) is 0 Å². The number of carbonyl (C=O) groups is 1. The van der Waals surface area contributed by atoms with Crippen molar-refractivity contribution in [2.45, 2.75) is 39.2 Å². The lowest BCUT2D eigenvalue weighted by Crippen LogP contribution is -2.40. The number of carbonyl (C=O) groups excluding carboxylic acids is 1. The van der Waals surface area contributed by atoms with Gasteiger partial charge in [-0.2, -0.15) is 0 Å². The molecule has 0 bridgehead atoms.